The first-order valence-corrected chi connectivity index (χ1v) is 5.95. The molecule has 1 aliphatic heterocycles. The molecule has 0 aromatic rings. The van der Waals surface area contributed by atoms with Crippen LogP contribution in [-0.4, -0.2) is 49.3 Å². The first kappa shape index (κ1) is 13.3. The molecule has 94 valence electrons. The van der Waals surface area contributed by atoms with Crippen molar-refractivity contribution in [3.8, 4) is 0 Å². The zero-order valence-electron chi connectivity index (χ0n) is 10.1. The van der Waals surface area contributed by atoms with Crippen LogP contribution in [0.25, 0.3) is 0 Å². The maximum atomic E-state index is 8.40. The smallest absolute Gasteiger partial charge is 0.139 e. The lowest BCUT2D eigenvalue weighted by Gasteiger charge is -2.27. The van der Waals surface area contributed by atoms with Crippen LogP contribution >= 0.6 is 0 Å². The summed E-state index contributed by atoms with van der Waals surface area (Å²) in [6.07, 6.45) is 3.94. The Morgan fingerprint density at radius 2 is 2.19 bits per heavy atom. The number of ether oxygens (including phenoxy) is 1. The zero-order chi connectivity index (χ0) is 11.8. The van der Waals surface area contributed by atoms with E-state index in [1.807, 2.05) is 0 Å². The van der Waals surface area contributed by atoms with Gasteiger partial charge in [0.05, 0.1) is 0 Å². The summed E-state index contributed by atoms with van der Waals surface area (Å²) < 4.78 is 5.33. The van der Waals surface area contributed by atoms with Gasteiger partial charge in [0.2, 0.25) is 0 Å². The number of nitrogens with zero attached hydrogens (tertiary/aromatic N) is 2. The van der Waals surface area contributed by atoms with Gasteiger partial charge in [0.25, 0.3) is 0 Å². The molecule has 1 saturated heterocycles. The summed E-state index contributed by atoms with van der Waals surface area (Å²) >= 11 is 0. The summed E-state index contributed by atoms with van der Waals surface area (Å²) in [5, 5.41) is 11.4. The van der Waals surface area contributed by atoms with Gasteiger partial charge in [-0.2, -0.15) is 0 Å². The fourth-order valence-corrected chi connectivity index (χ4v) is 2.04. The molecule has 1 fully saturated rings. The Labute approximate surface area is 97.2 Å². The Morgan fingerprint density at radius 3 is 2.81 bits per heavy atom. The van der Waals surface area contributed by atoms with Crippen LogP contribution in [0.4, 0.5) is 0 Å². The van der Waals surface area contributed by atoms with Crippen molar-refractivity contribution in [3.63, 3.8) is 0 Å². The fraction of sp³-hybridized carbons (Fsp3) is 0.909. The van der Waals surface area contributed by atoms with Gasteiger partial charge < -0.3 is 20.6 Å². The van der Waals surface area contributed by atoms with E-state index in [-0.39, 0.29) is 0 Å². The van der Waals surface area contributed by atoms with Crippen molar-refractivity contribution in [2.75, 3.05) is 33.4 Å². The zero-order valence-corrected chi connectivity index (χ0v) is 10.1. The molecule has 0 bridgehead atoms. The van der Waals surface area contributed by atoms with Gasteiger partial charge in [0, 0.05) is 26.2 Å². The number of oxime groups is 1. The first-order valence-electron chi connectivity index (χ1n) is 5.95. The molecule has 0 radical (unpaired) electrons. The molecule has 1 rings (SSSR count). The standard InChI is InChI=1S/C11H23N3O2/c1-14(6-2-3-11(12)13-15)9-10-4-7-16-8-5-10/h10,15H,2-9H2,1H3,(H2,12,13). The van der Waals surface area contributed by atoms with Crippen LogP contribution in [0.3, 0.4) is 0 Å². The highest BCUT2D eigenvalue weighted by molar-refractivity contribution is 5.79. The molecule has 0 aromatic carbocycles. The van der Waals surface area contributed by atoms with Gasteiger partial charge in [-0.15, -0.1) is 0 Å². The van der Waals surface area contributed by atoms with Gasteiger partial charge in [-0.3, -0.25) is 0 Å². The van der Waals surface area contributed by atoms with Gasteiger partial charge in [-0.25, -0.2) is 0 Å². The van der Waals surface area contributed by atoms with Crippen LogP contribution in [0, 0.1) is 5.92 Å². The molecule has 0 spiro atoms. The van der Waals surface area contributed by atoms with Crippen molar-refractivity contribution in [1.82, 2.24) is 4.90 Å². The van der Waals surface area contributed by atoms with E-state index in [1.165, 1.54) is 12.8 Å². The van der Waals surface area contributed by atoms with Crippen LogP contribution in [0.5, 0.6) is 0 Å². The summed E-state index contributed by atoms with van der Waals surface area (Å²) in [7, 11) is 2.13. The highest BCUT2D eigenvalue weighted by Crippen LogP contribution is 2.15. The lowest BCUT2D eigenvalue weighted by atomic mass is 10.00. The Bertz CT molecular complexity index is 215. The second-order valence-electron chi connectivity index (χ2n) is 4.51. The maximum absolute atomic E-state index is 8.40. The number of nitrogens with two attached hydrogens (primary N) is 1. The molecule has 3 N–H and O–H groups in total. The van der Waals surface area contributed by atoms with E-state index in [9.17, 15) is 0 Å². The molecular formula is C11H23N3O2. The number of hydrogen-bond donors (Lipinski definition) is 2. The molecule has 0 unspecified atom stereocenters. The molecule has 5 nitrogen and oxygen atoms in total. The van der Waals surface area contributed by atoms with Crippen LogP contribution in [0.2, 0.25) is 0 Å². The van der Waals surface area contributed by atoms with E-state index >= 15 is 0 Å². The predicted octanol–water partition coefficient (Wildman–Crippen LogP) is 0.871. The van der Waals surface area contributed by atoms with Gasteiger partial charge in [0.15, 0.2) is 0 Å². The van der Waals surface area contributed by atoms with Crippen LogP contribution in [0.15, 0.2) is 5.16 Å². The van der Waals surface area contributed by atoms with E-state index < -0.39 is 0 Å². The second kappa shape index (κ2) is 7.46. The molecule has 16 heavy (non-hydrogen) atoms. The Morgan fingerprint density at radius 1 is 1.50 bits per heavy atom. The minimum absolute atomic E-state index is 0.319. The summed E-state index contributed by atoms with van der Waals surface area (Å²) in [5.74, 6) is 1.09. The van der Waals surface area contributed by atoms with Crippen molar-refractivity contribution in [2.24, 2.45) is 16.8 Å². The molecule has 0 saturated carbocycles. The minimum Gasteiger partial charge on any atom is -0.409 e. The molecular weight excluding hydrogens is 206 g/mol. The number of rotatable bonds is 6. The monoisotopic (exact) mass is 229 g/mol. The SMILES string of the molecule is CN(CCCC(N)=NO)CC1CCOCC1. The Hall–Kier alpha value is -0.810. The van der Waals surface area contributed by atoms with E-state index in [0.29, 0.717) is 12.3 Å². The van der Waals surface area contributed by atoms with Crippen LogP contribution in [0.1, 0.15) is 25.7 Å². The molecule has 1 heterocycles. The van der Waals surface area contributed by atoms with E-state index in [1.54, 1.807) is 0 Å². The van der Waals surface area contributed by atoms with Gasteiger partial charge in [0.1, 0.15) is 5.84 Å². The molecule has 5 heteroatoms. The van der Waals surface area contributed by atoms with Gasteiger partial charge in [-0.05, 0) is 38.8 Å². The van der Waals surface area contributed by atoms with E-state index in [0.717, 1.165) is 38.6 Å². The highest BCUT2D eigenvalue weighted by Gasteiger charge is 2.15. The average molecular weight is 229 g/mol. The lowest BCUT2D eigenvalue weighted by molar-refractivity contribution is 0.0557. The summed E-state index contributed by atoms with van der Waals surface area (Å²) in [6, 6.07) is 0. The van der Waals surface area contributed by atoms with Crippen molar-refractivity contribution in [2.45, 2.75) is 25.7 Å². The van der Waals surface area contributed by atoms with Crippen LogP contribution in [-0.2, 0) is 4.74 Å². The first-order chi connectivity index (χ1) is 7.72. The third kappa shape index (κ3) is 5.32. The average Bonchev–Trinajstić information content (AvgIpc) is 2.30. The molecule has 0 atom stereocenters. The van der Waals surface area contributed by atoms with Gasteiger partial charge >= 0.3 is 0 Å². The maximum Gasteiger partial charge on any atom is 0.139 e. The Kier molecular flexibility index (Phi) is 6.18. The van der Waals surface area contributed by atoms with Crippen molar-refractivity contribution < 1.29 is 9.94 Å². The normalized spacial score (nSPS) is 19.2. The highest BCUT2D eigenvalue weighted by atomic mass is 16.5. The Balaban J connectivity index is 2.07. The number of amidine groups is 1. The fourth-order valence-electron chi connectivity index (χ4n) is 2.04. The van der Waals surface area contributed by atoms with Crippen LogP contribution < -0.4 is 5.73 Å². The third-order valence-electron chi connectivity index (χ3n) is 3.01. The topological polar surface area (TPSA) is 71.1 Å². The summed E-state index contributed by atoms with van der Waals surface area (Å²) in [4.78, 5) is 2.32. The van der Waals surface area contributed by atoms with Gasteiger partial charge in [-0.1, -0.05) is 5.16 Å². The van der Waals surface area contributed by atoms with Crippen molar-refractivity contribution >= 4 is 5.84 Å². The lowest BCUT2D eigenvalue weighted by Crippen LogP contribution is -2.30. The summed E-state index contributed by atoms with van der Waals surface area (Å²) in [6.45, 7) is 3.93. The molecule has 1 aliphatic rings. The quantitative estimate of drug-likeness (QED) is 0.307. The van der Waals surface area contributed by atoms with E-state index in [2.05, 4.69) is 17.1 Å². The second-order valence-corrected chi connectivity index (χ2v) is 4.51. The predicted molar refractivity (Wildman–Crippen MR) is 63.7 cm³/mol. The largest absolute Gasteiger partial charge is 0.409 e. The van der Waals surface area contributed by atoms with Crippen molar-refractivity contribution in [3.05, 3.63) is 0 Å². The molecule has 0 aliphatic carbocycles. The minimum atomic E-state index is 0.319. The number of hydrogen-bond acceptors (Lipinski definition) is 4. The molecule has 0 amide bonds. The summed E-state index contributed by atoms with van der Waals surface area (Å²) in [5.41, 5.74) is 5.41. The van der Waals surface area contributed by atoms with Crippen molar-refractivity contribution in [1.29, 1.82) is 0 Å². The van der Waals surface area contributed by atoms with E-state index in [4.69, 9.17) is 15.7 Å². The third-order valence-corrected chi connectivity index (χ3v) is 3.01. The molecule has 0 aromatic heterocycles.